The summed E-state index contributed by atoms with van der Waals surface area (Å²) < 4.78 is 0. The number of para-hydroxylation sites is 1. The Kier molecular flexibility index (Phi) is 4.43. The van der Waals surface area contributed by atoms with Crippen LogP contribution in [-0.2, 0) is 0 Å². The summed E-state index contributed by atoms with van der Waals surface area (Å²) in [4.78, 5) is 2.13. The maximum absolute atomic E-state index is 8.77. The van der Waals surface area contributed by atoms with Crippen LogP contribution in [0.3, 0.4) is 0 Å². The lowest BCUT2D eigenvalue weighted by molar-refractivity contribution is 0.261. The highest BCUT2D eigenvalue weighted by Gasteiger charge is 2.03. The van der Waals surface area contributed by atoms with Crippen LogP contribution in [0.2, 0.25) is 0 Å². The first-order valence-corrected chi connectivity index (χ1v) is 4.86. The fraction of sp³-hybridized carbons (Fsp3) is 0.455. The van der Waals surface area contributed by atoms with Crippen molar-refractivity contribution in [3.05, 3.63) is 30.3 Å². The molecule has 0 aliphatic heterocycles. The van der Waals surface area contributed by atoms with E-state index in [0.29, 0.717) is 0 Å². The Morgan fingerprint density at radius 1 is 1.36 bits per heavy atom. The third kappa shape index (κ3) is 3.36. The quantitative estimate of drug-likeness (QED) is 0.730. The predicted molar refractivity (Wildman–Crippen MR) is 59.4 cm³/mol. The SMILES string of the molecule is CN(CCC(N)CO)c1ccccc1. The molecule has 3 nitrogen and oxygen atoms in total. The summed E-state index contributed by atoms with van der Waals surface area (Å²) in [5.41, 5.74) is 6.80. The number of rotatable bonds is 5. The van der Waals surface area contributed by atoms with E-state index < -0.39 is 0 Å². The minimum absolute atomic E-state index is 0.0582. The molecule has 0 bridgehead atoms. The van der Waals surface area contributed by atoms with Crippen molar-refractivity contribution in [3.63, 3.8) is 0 Å². The van der Waals surface area contributed by atoms with Crippen LogP contribution in [0.15, 0.2) is 30.3 Å². The lowest BCUT2D eigenvalue weighted by atomic mass is 10.2. The van der Waals surface area contributed by atoms with Crippen LogP contribution >= 0.6 is 0 Å². The smallest absolute Gasteiger partial charge is 0.0583 e. The van der Waals surface area contributed by atoms with Crippen LogP contribution in [0.1, 0.15) is 6.42 Å². The van der Waals surface area contributed by atoms with Gasteiger partial charge in [-0.25, -0.2) is 0 Å². The Balaban J connectivity index is 2.39. The van der Waals surface area contributed by atoms with Crippen molar-refractivity contribution in [2.75, 3.05) is 25.1 Å². The average molecular weight is 194 g/mol. The number of hydrogen-bond donors (Lipinski definition) is 2. The normalized spacial score (nSPS) is 12.5. The first-order valence-electron chi connectivity index (χ1n) is 4.86. The standard InChI is InChI=1S/C11H18N2O/c1-13(8-7-10(12)9-14)11-5-3-2-4-6-11/h2-6,10,14H,7-9,12H2,1H3. The van der Waals surface area contributed by atoms with Gasteiger partial charge in [0.2, 0.25) is 0 Å². The molecule has 1 aromatic rings. The Morgan fingerprint density at radius 2 is 2.00 bits per heavy atom. The average Bonchev–Trinajstić information content (AvgIpc) is 2.26. The Labute approximate surface area is 85.2 Å². The molecule has 0 amide bonds. The van der Waals surface area contributed by atoms with E-state index in [9.17, 15) is 0 Å². The molecule has 78 valence electrons. The molecule has 0 fully saturated rings. The van der Waals surface area contributed by atoms with Gasteiger partial charge in [-0.1, -0.05) is 18.2 Å². The number of nitrogens with two attached hydrogens (primary N) is 1. The van der Waals surface area contributed by atoms with E-state index in [2.05, 4.69) is 17.0 Å². The van der Waals surface area contributed by atoms with Gasteiger partial charge in [-0.05, 0) is 18.6 Å². The maximum Gasteiger partial charge on any atom is 0.0583 e. The van der Waals surface area contributed by atoms with Crippen LogP contribution in [0.5, 0.6) is 0 Å². The van der Waals surface area contributed by atoms with Crippen molar-refractivity contribution in [3.8, 4) is 0 Å². The van der Waals surface area contributed by atoms with E-state index in [4.69, 9.17) is 10.8 Å². The highest BCUT2D eigenvalue weighted by molar-refractivity contribution is 5.44. The molecule has 0 radical (unpaired) electrons. The Bertz CT molecular complexity index is 251. The molecule has 0 aliphatic rings. The summed E-state index contributed by atoms with van der Waals surface area (Å²) >= 11 is 0. The second-order valence-corrected chi connectivity index (χ2v) is 3.49. The molecule has 0 aromatic heterocycles. The summed E-state index contributed by atoms with van der Waals surface area (Å²) in [5.74, 6) is 0. The van der Waals surface area contributed by atoms with Gasteiger partial charge in [0, 0.05) is 25.3 Å². The summed E-state index contributed by atoms with van der Waals surface area (Å²) in [6.07, 6.45) is 0.807. The van der Waals surface area contributed by atoms with Crippen LogP contribution in [-0.4, -0.2) is 31.3 Å². The molecular formula is C11H18N2O. The molecule has 0 spiro atoms. The fourth-order valence-electron chi connectivity index (χ4n) is 1.26. The van der Waals surface area contributed by atoms with Crippen LogP contribution in [0.25, 0.3) is 0 Å². The van der Waals surface area contributed by atoms with E-state index in [0.717, 1.165) is 13.0 Å². The first-order chi connectivity index (χ1) is 6.74. The van der Waals surface area contributed by atoms with Gasteiger partial charge in [-0.15, -0.1) is 0 Å². The van der Waals surface area contributed by atoms with Gasteiger partial charge in [0.05, 0.1) is 6.61 Å². The molecule has 1 unspecified atom stereocenters. The minimum Gasteiger partial charge on any atom is -0.395 e. The highest BCUT2D eigenvalue weighted by Crippen LogP contribution is 2.11. The molecule has 1 rings (SSSR count). The molecule has 1 aromatic carbocycles. The molecule has 14 heavy (non-hydrogen) atoms. The fourth-order valence-corrected chi connectivity index (χ4v) is 1.26. The van der Waals surface area contributed by atoms with E-state index >= 15 is 0 Å². The van der Waals surface area contributed by atoms with Gasteiger partial charge in [0.15, 0.2) is 0 Å². The Morgan fingerprint density at radius 3 is 2.57 bits per heavy atom. The summed E-state index contributed by atoms with van der Waals surface area (Å²) in [6, 6.07) is 10.0. The Hall–Kier alpha value is -1.06. The van der Waals surface area contributed by atoms with E-state index in [1.54, 1.807) is 0 Å². The number of aliphatic hydroxyl groups excluding tert-OH is 1. The van der Waals surface area contributed by atoms with Gasteiger partial charge < -0.3 is 15.7 Å². The van der Waals surface area contributed by atoms with Gasteiger partial charge in [-0.2, -0.15) is 0 Å². The first kappa shape index (κ1) is 11.0. The van der Waals surface area contributed by atoms with Crippen LogP contribution in [0, 0.1) is 0 Å². The van der Waals surface area contributed by atoms with Crippen molar-refractivity contribution in [2.24, 2.45) is 5.73 Å². The molecule has 0 heterocycles. The van der Waals surface area contributed by atoms with Crippen LogP contribution in [0.4, 0.5) is 5.69 Å². The van der Waals surface area contributed by atoms with Gasteiger partial charge in [-0.3, -0.25) is 0 Å². The number of anilines is 1. The lowest BCUT2D eigenvalue weighted by Gasteiger charge is -2.20. The molecule has 1 atom stereocenters. The molecule has 3 heteroatoms. The second kappa shape index (κ2) is 5.62. The molecule has 3 N–H and O–H groups in total. The highest BCUT2D eigenvalue weighted by atomic mass is 16.3. The third-order valence-corrected chi connectivity index (χ3v) is 2.27. The van der Waals surface area contributed by atoms with Crippen molar-refractivity contribution in [1.29, 1.82) is 0 Å². The maximum atomic E-state index is 8.77. The zero-order valence-electron chi connectivity index (χ0n) is 8.56. The van der Waals surface area contributed by atoms with E-state index in [1.807, 2.05) is 25.2 Å². The van der Waals surface area contributed by atoms with Crippen molar-refractivity contribution < 1.29 is 5.11 Å². The van der Waals surface area contributed by atoms with Gasteiger partial charge in [0.1, 0.15) is 0 Å². The lowest BCUT2D eigenvalue weighted by Crippen LogP contribution is -2.30. The van der Waals surface area contributed by atoms with Crippen molar-refractivity contribution in [2.45, 2.75) is 12.5 Å². The summed E-state index contributed by atoms with van der Waals surface area (Å²) in [5, 5.41) is 8.77. The number of aliphatic hydroxyl groups is 1. The van der Waals surface area contributed by atoms with E-state index in [-0.39, 0.29) is 12.6 Å². The van der Waals surface area contributed by atoms with Crippen molar-refractivity contribution >= 4 is 5.69 Å². The van der Waals surface area contributed by atoms with Crippen LogP contribution < -0.4 is 10.6 Å². The molecule has 0 saturated carbocycles. The number of nitrogens with zero attached hydrogens (tertiary/aromatic N) is 1. The molecular weight excluding hydrogens is 176 g/mol. The number of hydrogen-bond acceptors (Lipinski definition) is 3. The zero-order chi connectivity index (χ0) is 10.4. The summed E-state index contributed by atoms with van der Waals surface area (Å²) in [7, 11) is 2.03. The second-order valence-electron chi connectivity index (χ2n) is 3.49. The molecule has 0 saturated heterocycles. The number of benzene rings is 1. The van der Waals surface area contributed by atoms with Gasteiger partial charge >= 0.3 is 0 Å². The topological polar surface area (TPSA) is 49.5 Å². The third-order valence-electron chi connectivity index (χ3n) is 2.27. The van der Waals surface area contributed by atoms with E-state index in [1.165, 1.54) is 5.69 Å². The zero-order valence-corrected chi connectivity index (χ0v) is 8.56. The van der Waals surface area contributed by atoms with Gasteiger partial charge in [0.25, 0.3) is 0 Å². The monoisotopic (exact) mass is 194 g/mol. The minimum atomic E-state index is -0.110. The predicted octanol–water partition coefficient (Wildman–Crippen LogP) is 0.832. The van der Waals surface area contributed by atoms with Crippen molar-refractivity contribution in [1.82, 2.24) is 0 Å². The largest absolute Gasteiger partial charge is 0.395 e. The molecule has 0 aliphatic carbocycles. The summed E-state index contributed by atoms with van der Waals surface area (Å²) in [6.45, 7) is 0.925.